The Bertz CT molecular complexity index is 604. The van der Waals surface area contributed by atoms with Crippen LogP contribution in [0.25, 0.3) is 10.9 Å². The van der Waals surface area contributed by atoms with Crippen LogP contribution in [0.2, 0.25) is 0 Å². The highest BCUT2D eigenvalue weighted by molar-refractivity contribution is 5.90. The van der Waals surface area contributed by atoms with Crippen LogP contribution in [-0.2, 0) is 11.0 Å². The Morgan fingerprint density at radius 1 is 1.33 bits per heavy atom. The highest BCUT2D eigenvalue weighted by Gasteiger charge is 2.39. The van der Waals surface area contributed by atoms with E-state index in [1.165, 1.54) is 18.2 Å². The van der Waals surface area contributed by atoms with Gasteiger partial charge in [-0.3, -0.25) is 4.79 Å². The first kappa shape index (κ1) is 12.4. The number of nitrogens with two attached hydrogens (primary N) is 1. The van der Waals surface area contributed by atoms with E-state index < -0.39 is 29.4 Å². The second-order valence-corrected chi connectivity index (χ2v) is 3.77. The van der Waals surface area contributed by atoms with Crippen molar-refractivity contribution in [2.45, 2.75) is 12.2 Å². The number of hydrogen-bond donors (Lipinski definition) is 3. The summed E-state index contributed by atoms with van der Waals surface area (Å²) in [6, 6.07) is 4.18. The fraction of sp³-hybridized carbons (Fsp3) is 0.182. The van der Waals surface area contributed by atoms with Gasteiger partial charge < -0.3 is 15.8 Å². The predicted molar refractivity (Wildman–Crippen MR) is 57.9 cm³/mol. The molecule has 0 aliphatic rings. The summed E-state index contributed by atoms with van der Waals surface area (Å²) in [7, 11) is 0. The Morgan fingerprint density at radius 2 is 1.94 bits per heavy atom. The number of carbonyl (C=O) groups is 1. The van der Waals surface area contributed by atoms with Crippen LogP contribution >= 0.6 is 0 Å². The number of halogens is 3. The zero-order valence-corrected chi connectivity index (χ0v) is 8.95. The van der Waals surface area contributed by atoms with E-state index in [2.05, 4.69) is 4.98 Å². The number of aliphatic carboxylic acids is 1. The molecule has 0 aliphatic carbocycles. The first-order valence-electron chi connectivity index (χ1n) is 4.98. The third-order valence-corrected chi connectivity index (χ3v) is 2.61. The Kier molecular flexibility index (Phi) is 2.78. The number of carboxylic acid groups (broad SMARTS) is 1. The molecular weight excluding hydrogens is 249 g/mol. The first-order chi connectivity index (χ1) is 8.32. The molecule has 0 amide bonds. The molecule has 96 valence electrons. The third kappa shape index (κ3) is 1.92. The minimum Gasteiger partial charge on any atom is -0.480 e. The first-order valence-corrected chi connectivity index (χ1v) is 4.98. The van der Waals surface area contributed by atoms with E-state index >= 15 is 0 Å². The van der Waals surface area contributed by atoms with Crippen molar-refractivity contribution in [2.24, 2.45) is 5.73 Å². The summed E-state index contributed by atoms with van der Waals surface area (Å²) in [5.41, 5.74) is 3.98. The lowest BCUT2D eigenvalue weighted by molar-refractivity contribution is -0.143. The number of carboxylic acids is 1. The molecule has 0 radical (unpaired) electrons. The topological polar surface area (TPSA) is 79.1 Å². The maximum absolute atomic E-state index is 12.8. The highest BCUT2D eigenvalue weighted by atomic mass is 19.4. The standard InChI is InChI=1S/C11H9F3N2O2/c12-11(13,14)9-7(8(15)10(17)18)5-3-1-2-4-6(5)16-9/h1-4,8,16H,15H2,(H,17,18). The minimum absolute atomic E-state index is 0.166. The molecule has 1 aromatic heterocycles. The van der Waals surface area contributed by atoms with Gasteiger partial charge in [0.1, 0.15) is 11.7 Å². The number of aromatic amines is 1. The second-order valence-electron chi connectivity index (χ2n) is 3.77. The van der Waals surface area contributed by atoms with E-state index in [0.29, 0.717) is 0 Å². The Labute approximate surface area is 99.2 Å². The molecule has 0 saturated heterocycles. The maximum Gasteiger partial charge on any atom is 0.431 e. The van der Waals surface area contributed by atoms with Crippen molar-refractivity contribution >= 4 is 16.9 Å². The van der Waals surface area contributed by atoms with Gasteiger partial charge >= 0.3 is 12.1 Å². The van der Waals surface area contributed by atoms with Crippen LogP contribution in [0.4, 0.5) is 13.2 Å². The summed E-state index contributed by atoms with van der Waals surface area (Å²) < 4.78 is 38.5. The maximum atomic E-state index is 12.8. The van der Waals surface area contributed by atoms with Crippen molar-refractivity contribution in [2.75, 3.05) is 0 Å². The summed E-state index contributed by atoms with van der Waals surface area (Å²) in [6.45, 7) is 0. The van der Waals surface area contributed by atoms with E-state index in [4.69, 9.17) is 10.8 Å². The summed E-state index contributed by atoms with van der Waals surface area (Å²) in [6.07, 6.45) is -4.68. The van der Waals surface area contributed by atoms with Crippen LogP contribution in [0.1, 0.15) is 17.3 Å². The van der Waals surface area contributed by atoms with Crippen molar-refractivity contribution in [3.05, 3.63) is 35.5 Å². The van der Waals surface area contributed by atoms with Crippen LogP contribution in [0, 0.1) is 0 Å². The van der Waals surface area contributed by atoms with Crippen molar-refractivity contribution in [1.82, 2.24) is 4.98 Å². The average Bonchev–Trinajstić information content (AvgIpc) is 2.66. The molecule has 0 bridgehead atoms. The summed E-state index contributed by atoms with van der Waals surface area (Å²) >= 11 is 0. The summed E-state index contributed by atoms with van der Waals surface area (Å²) in [4.78, 5) is 13.0. The number of nitrogens with one attached hydrogen (secondary N) is 1. The van der Waals surface area contributed by atoms with Gasteiger partial charge in [0, 0.05) is 16.5 Å². The van der Waals surface area contributed by atoms with Gasteiger partial charge in [-0.1, -0.05) is 18.2 Å². The molecule has 2 rings (SSSR count). The van der Waals surface area contributed by atoms with Gasteiger partial charge in [0.05, 0.1) is 0 Å². The van der Waals surface area contributed by atoms with Crippen LogP contribution in [0.3, 0.4) is 0 Å². The highest BCUT2D eigenvalue weighted by Crippen LogP contribution is 2.37. The minimum atomic E-state index is -4.68. The van der Waals surface area contributed by atoms with E-state index in [1.807, 2.05) is 0 Å². The van der Waals surface area contributed by atoms with Gasteiger partial charge in [-0.05, 0) is 6.07 Å². The van der Waals surface area contributed by atoms with Crippen LogP contribution < -0.4 is 5.73 Å². The second kappa shape index (κ2) is 4.02. The van der Waals surface area contributed by atoms with Crippen molar-refractivity contribution in [1.29, 1.82) is 0 Å². The van der Waals surface area contributed by atoms with Gasteiger partial charge in [-0.2, -0.15) is 13.2 Å². The number of fused-ring (bicyclic) bond motifs is 1. The van der Waals surface area contributed by atoms with Gasteiger partial charge in [-0.25, -0.2) is 0 Å². The third-order valence-electron chi connectivity index (χ3n) is 2.61. The fourth-order valence-electron chi connectivity index (χ4n) is 1.83. The Hall–Kier alpha value is -2.02. The lowest BCUT2D eigenvalue weighted by atomic mass is 10.0. The number of aromatic nitrogens is 1. The molecule has 4 N–H and O–H groups in total. The molecule has 7 heteroatoms. The number of H-pyrrole nitrogens is 1. The zero-order valence-electron chi connectivity index (χ0n) is 8.95. The van der Waals surface area contributed by atoms with Gasteiger partial charge in [0.25, 0.3) is 0 Å². The zero-order chi connectivity index (χ0) is 13.5. The monoisotopic (exact) mass is 258 g/mol. The van der Waals surface area contributed by atoms with E-state index in [1.54, 1.807) is 6.07 Å². The molecule has 0 aliphatic heterocycles. The van der Waals surface area contributed by atoms with Crippen LogP contribution in [-0.4, -0.2) is 16.1 Å². The molecule has 1 heterocycles. The smallest absolute Gasteiger partial charge is 0.431 e. The Balaban J connectivity index is 2.77. The quantitative estimate of drug-likeness (QED) is 0.773. The number of hydrogen-bond acceptors (Lipinski definition) is 2. The largest absolute Gasteiger partial charge is 0.480 e. The molecule has 1 unspecified atom stereocenters. The van der Waals surface area contributed by atoms with Crippen molar-refractivity contribution < 1.29 is 23.1 Å². The van der Waals surface area contributed by atoms with Gasteiger partial charge in [-0.15, -0.1) is 0 Å². The van der Waals surface area contributed by atoms with Crippen molar-refractivity contribution in [3.8, 4) is 0 Å². The lowest BCUT2D eigenvalue weighted by Gasteiger charge is -2.11. The van der Waals surface area contributed by atoms with E-state index in [9.17, 15) is 18.0 Å². The number of para-hydroxylation sites is 1. The molecule has 2 aromatic rings. The normalized spacial score (nSPS) is 13.8. The Morgan fingerprint density at radius 3 is 2.50 bits per heavy atom. The van der Waals surface area contributed by atoms with Crippen LogP contribution in [0.5, 0.6) is 0 Å². The molecule has 0 saturated carbocycles. The summed E-state index contributed by atoms with van der Waals surface area (Å²) in [5.74, 6) is -1.51. The molecule has 1 aromatic carbocycles. The molecule has 0 spiro atoms. The summed E-state index contributed by atoms with van der Waals surface area (Å²) in [5, 5.41) is 8.96. The van der Waals surface area contributed by atoms with Gasteiger partial charge in [0.15, 0.2) is 0 Å². The SMILES string of the molecule is NC(C(=O)O)c1c(C(F)(F)F)[nH]c2ccccc12. The van der Waals surface area contributed by atoms with E-state index in [0.717, 1.165) is 0 Å². The van der Waals surface area contributed by atoms with Gasteiger partial charge in [0.2, 0.25) is 0 Å². The molecule has 0 fully saturated rings. The van der Waals surface area contributed by atoms with E-state index in [-0.39, 0.29) is 10.9 Å². The number of benzene rings is 1. The predicted octanol–water partition coefficient (Wildman–Crippen LogP) is 2.27. The van der Waals surface area contributed by atoms with Crippen LogP contribution in [0.15, 0.2) is 24.3 Å². The molecule has 1 atom stereocenters. The molecule has 4 nitrogen and oxygen atoms in total. The van der Waals surface area contributed by atoms with Crippen molar-refractivity contribution in [3.63, 3.8) is 0 Å². The average molecular weight is 258 g/mol. The fourth-order valence-corrected chi connectivity index (χ4v) is 1.83. The lowest BCUT2D eigenvalue weighted by Crippen LogP contribution is -2.23. The molecular formula is C11H9F3N2O2. The molecule has 18 heavy (non-hydrogen) atoms. The number of rotatable bonds is 2. The number of alkyl halides is 3.